The summed E-state index contributed by atoms with van der Waals surface area (Å²) in [5.41, 5.74) is 7.45. The monoisotopic (exact) mass is 362 g/mol. The number of allylic oxidation sites excluding steroid dienone is 1. The molecule has 0 amide bonds. The second-order valence-corrected chi connectivity index (χ2v) is 8.80. The van der Waals surface area contributed by atoms with Gasteiger partial charge in [0.15, 0.2) is 0 Å². The first-order chi connectivity index (χ1) is 12.7. The van der Waals surface area contributed by atoms with E-state index in [4.69, 9.17) is 4.74 Å². The zero-order valence-electron chi connectivity index (χ0n) is 17.3. The summed E-state index contributed by atoms with van der Waals surface area (Å²) in [4.78, 5) is 11.7. The standard InChI is InChI=1S/C25H30O2/c1-7-20(17-8-10-18(11-9-17)23(26)27-6)19-12-13-21-22(16-19)25(4,5)15-14-24(21,2)3/h7-13,16H,14-15H2,1-6H3/b20-7+. The van der Waals surface area contributed by atoms with Crippen molar-refractivity contribution < 1.29 is 9.53 Å². The molecule has 0 radical (unpaired) electrons. The number of benzene rings is 2. The van der Waals surface area contributed by atoms with Crippen LogP contribution in [-0.4, -0.2) is 13.1 Å². The van der Waals surface area contributed by atoms with Gasteiger partial charge in [0.1, 0.15) is 0 Å². The maximum absolute atomic E-state index is 11.7. The summed E-state index contributed by atoms with van der Waals surface area (Å²) in [7, 11) is 1.41. The highest BCUT2D eigenvalue weighted by Gasteiger charge is 2.37. The highest BCUT2D eigenvalue weighted by molar-refractivity contribution is 5.90. The Kier molecular flexibility index (Phi) is 5.03. The Bertz CT molecular complexity index is 883. The molecule has 0 saturated heterocycles. The van der Waals surface area contributed by atoms with Gasteiger partial charge in [-0.2, -0.15) is 0 Å². The van der Waals surface area contributed by atoms with E-state index in [0.29, 0.717) is 5.56 Å². The molecule has 0 spiro atoms. The number of methoxy groups -OCH3 is 1. The van der Waals surface area contributed by atoms with E-state index in [0.717, 1.165) is 5.56 Å². The van der Waals surface area contributed by atoms with Crippen LogP contribution in [0.25, 0.3) is 5.57 Å². The molecule has 0 bridgehead atoms. The van der Waals surface area contributed by atoms with E-state index >= 15 is 0 Å². The molecule has 2 nitrogen and oxygen atoms in total. The van der Waals surface area contributed by atoms with Gasteiger partial charge in [-0.3, -0.25) is 0 Å². The Morgan fingerprint density at radius 2 is 1.37 bits per heavy atom. The number of ether oxygens (including phenoxy) is 1. The molecular weight excluding hydrogens is 332 g/mol. The quantitative estimate of drug-likeness (QED) is 0.601. The number of rotatable bonds is 3. The van der Waals surface area contributed by atoms with Crippen LogP contribution in [0, 0.1) is 0 Å². The minimum Gasteiger partial charge on any atom is -0.465 e. The zero-order chi connectivity index (χ0) is 19.8. The molecular formula is C25H30O2. The number of fused-ring (bicyclic) bond motifs is 1. The molecule has 0 atom stereocenters. The van der Waals surface area contributed by atoms with Crippen LogP contribution in [0.4, 0.5) is 0 Å². The van der Waals surface area contributed by atoms with Crippen LogP contribution in [0.1, 0.15) is 80.1 Å². The summed E-state index contributed by atoms with van der Waals surface area (Å²) < 4.78 is 4.80. The largest absolute Gasteiger partial charge is 0.465 e. The zero-order valence-corrected chi connectivity index (χ0v) is 17.3. The molecule has 0 aromatic heterocycles. The maximum Gasteiger partial charge on any atom is 0.337 e. The molecule has 0 aliphatic heterocycles. The van der Waals surface area contributed by atoms with Crippen molar-refractivity contribution in [3.63, 3.8) is 0 Å². The topological polar surface area (TPSA) is 26.3 Å². The average molecular weight is 363 g/mol. The van der Waals surface area contributed by atoms with Crippen molar-refractivity contribution >= 4 is 11.5 Å². The lowest BCUT2D eigenvalue weighted by Crippen LogP contribution is -2.33. The van der Waals surface area contributed by atoms with E-state index in [1.807, 2.05) is 24.3 Å². The van der Waals surface area contributed by atoms with E-state index in [-0.39, 0.29) is 16.8 Å². The molecule has 27 heavy (non-hydrogen) atoms. The molecule has 1 aliphatic carbocycles. The fraction of sp³-hybridized carbons (Fsp3) is 0.400. The van der Waals surface area contributed by atoms with Gasteiger partial charge in [-0.25, -0.2) is 4.79 Å². The van der Waals surface area contributed by atoms with Crippen molar-refractivity contribution in [1.29, 1.82) is 0 Å². The van der Waals surface area contributed by atoms with Gasteiger partial charge in [-0.05, 0) is 70.6 Å². The lowest BCUT2D eigenvalue weighted by molar-refractivity contribution is 0.0600. The lowest BCUT2D eigenvalue weighted by Gasteiger charge is -2.42. The van der Waals surface area contributed by atoms with E-state index in [2.05, 4.69) is 58.9 Å². The van der Waals surface area contributed by atoms with Gasteiger partial charge in [-0.1, -0.05) is 64.1 Å². The molecule has 142 valence electrons. The fourth-order valence-corrected chi connectivity index (χ4v) is 4.16. The van der Waals surface area contributed by atoms with Gasteiger partial charge < -0.3 is 4.74 Å². The number of esters is 1. The van der Waals surface area contributed by atoms with Gasteiger partial charge in [-0.15, -0.1) is 0 Å². The predicted molar refractivity (Wildman–Crippen MR) is 112 cm³/mol. The summed E-state index contributed by atoms with van der Waals surface area (Å²) in [6, 6.07) is 14.6. The van der Waals surface area contributed by atoms with Gasteiger partial charge in [0, 0.05) is 0 Å². The summed E-state index contributed by atoms with van der Waals surface area (Å²) in [6.07, 6.45) is 4.57. The maximum atomic E-state index is 11.7. The Balaban J connectivity index is 2.04. The lowest BCUT2D eigenvalue weighted by atomic mass is 9.63. The molecule has 1 aliphatic rings. The van der Waals surface area contributed by atoms with Gasteiger partial charge in [0.25, 0.3) is 0 Å². The molecule has 2 aromatic carbocycles. The number of carbonyl (C=O) groups is 1. The fourth-order valence-electron chi connectivity index (χ4n) is 4.16. The second-order valence-electron chi connectivity index (χ2n) is 8.80. The van der Waals surface area contributed by atoms with E-state index in [1.165, 1.54) is 42.2 Å². The van der Waals surface area contributed by atoms with Crippen molar-refractivity contribution in [2.45, 2.75) is 58.3 Å². The van der Waals surface area contributed by atoms with Crippen LogP contribution in [0.5, 0.6) is 0 Å². The van der Waals surface area contributed by atoms with E-state index in [9.17, 15) is 4.79 Å². The number of hydrogen-bond donors (Lipinski definition) is 0. The summed E-state index contributed by atoms with van der Waals surface area (Å²) in [5.74, 6) is -0.304. The number of carbonyl (C=O) groups excluding carboxylic acids is 1. The summed E-state index contributed by atoms with van der Waals surface area (Å²) in [5, 5.41) is 0. The highest BCUT2D eigenvalue weighted by Crippen LogP contribution is 2.46. The third-order valence-corrected chi connectivity index (χ3v) is 6.07. The molecule has 2 heteroatoms. The van der Waals surface area contributed by atoms with Crippen LogP contribution >= 0.6 is 0 Å². The molecule has 0 fully saturated rings. The Labute approximate surface area is 163 Å². The van der Waals surface area contributed by atoms with Crippen LogP contribution < -0.4 is 0 Å². The van der Waals surface area contributed by atoms with E-state index < -0.39 is 0 Å². The molecule has 0 unspecified atom stereocenters. The highest BCUT2D eigenvalue weighted by atomic mass is 16.5. The van der Waals surface area contributed by atoms with Crippen LogP contribution in [0.2, 0.25) is 0 Å². The van der Waals surface area contributed by atoms with Crippen LogP contribution in [0.15, 0.2) is 48.5 Å². The third-order valence-electron chi connectivity index (χ3n) is 6.07. The van der Waals surface area contributed by atoms with Gasteiger partial charge in [0.05, 0.1) is 12.7 Å². The first-order valence-electron chi connectivity index (χ1n) is 9.70. The first kappa shape index (κ1) is 19.4. The summed E-state index contributed by atoms with van der Waals surface area (Å²) in [6.45, 7) is 11.5. The van der Waals surface area contributed by atoms with Crippen molar-refractivity contribution in [2.24, 2.45) is 0 Å². The normalized spacial score (nSPS) is 17.9. The minimum absolute atomic E-state index is 0.189. The first-order valence-corrected chi connectivity index (χ1v) is 9.70. The average Bonchev–Trinajstić information content (AvgIpc) is 2.66. The molecule has 0 N–H and O–H groups in total. The minimum atomic E-state index is -0.304. The van der Waals surface area contributed by atoms with Crippen molar-refractivity contribution in [1.82, 2.24) is 0 Å². The molecule has 2 aromatic rings. The van der Waals surface area contributed by atoms with Crippen molar-refractivity contribution in [3.05, 3.63) is 76.4 Å². The second kappa shape index (κ2) is 6.99. The smallest absolute Gasteiger partial charge is 0.337 e. The molecule has 0 saturated carbocycles. The Morgan fingerprint density at radius 1 is 0.852 bits per heavy atom. The SMILES string of the molecule is C/C=C(\c1ccc(C(=O)OC)cc1)c1ccc2c(c1)C(C)(C)CCC2(C)C. The van der Waals surface area contributed by atoms with Crippen molar-refractivity contribution in [3.8, 4) is 0 Å². The van der Waals surface area contributed by atoms with E-state index in [1.54, 1.807) is 0 Å². The predicted octanol–water partition coefficient (Wildman–Crippen LogP) is 6.27. The van der Waals surface area contributed by atoms with Crippen LogP contribution in [0.3, 0.4) is 0 Å². The Hall–Kier alpha value is -2.35. The molecule has 3 rings (SSSR count). The van der Waals surface area contributed by atoms with Gasteiger partial charge >= 0.3 is 5.97 Å². The third kappa shape index (κ3) is 3.58. The Morgan fingerprint density at radius 3 is 1.93 bits per heavy atom. The van der Waals surface area contributed by atoms with Crippen molar-refractivity contribution in [2.75, 3.05) is 7.11 Å². The molecule has 0 heterocycles. The number of hydrogen-bond acceptors (Lipinski definition) is 2. The van der Waals surface area contributed by atoms with Crippen LogP contribution in [-0.2, 0) is 15.6 Å². The van der Waals surface area contributed by atoms with Gasteiger partial charge in [0.2, 0.25) is 0 Å². The summed E-state index contributed by atoms with van der Waals surface area (Å²) >= 11 is 0.